The smallest absolute Gasteiger partial charge is 0.261 e. The highest BCUT2D eigenvalue weighted by Crippen LogP contribution is 2.36. The molecule has 1 aliphatic heterocycles. The van der Waals surface area contributed by atoms with Gasteiger partial charge in [-0.2, -0.15) is 0 Å². The average molecular weight is 543 g/mol. The van der Waals surface area contributed by atoms with Crippen LogP contribution in [0.25, 0.3) is 0 Å². The first-order valence-electron chi connectivity index (χ1n) is 9.21. The lowest BCUT2D eigenvalue weighted by molar-refractivity contribution is 0.0806. The molecule has 0 aliphatic carbocycles. The second-order valence-corrected chi connectivity index (χ2v) is 8.79. The highest BCUT2D eigenvalue weighted by molar-refractivity contribution is 9.10. The van der Waals surface area contributed by atoms with Gasteiger partial charge in [0.05, 0.1) is 37.7 Å². The van der Waals surface area contributed by atoms with E-state index < -0.39 is 39.8 Å². The van der Waals surface area contributed by atoms with Gasteiger partial charge in [0.25, 0.3) is 5.91 Å². The van der Waals surface area contributed by atoms with Gasteiger partial charge in [0.1, 0.15) is 5.82 Å². The summed E-state index contributed by atoms with van der Waals surface area (Å²) in [6, 6.07) is 5.76. The number of nitrogens with two attached hydrogens (primary N) is 1. The number of nitrogens with zero attached hydrogens (tertiary/aromatic N) is 1. The van der Waals surface area contributed by atoms with Crippen molar-refractivity contribution in [2.24, 2.45) is 0 Å². The maximum absolute atomic E-state index is 14.6. The Labute approximate surface area is 201 Å². The van der Waals surface area contributed by atoms with E-state index in [9.17, 15) is 18.4 Å². The second-order valence-electron chi connectivity index (χ2n) is 6.92. The van der Waals surface area contributed by atoms with E-state index >= 15 is 0 Å². The summed E-state index contributed by atoms with van der Waals surface area (Å²) >= 11 is 15.6. The Morgan fingerprint density at radius 2 is 1.81 bits per heavy atom. The van der Waals surface area contributed by atoms with Gasteiger partial charge in [-0.15, -0.1) is 0 Å². The minimum atomic E-state index is -1.19. The molecule has 2 unspecified atom stereocenters. The van der Waals surface area contributed by atoms with Gasteiger partial charge < -0.3 is 16.0 Å². The van der Waals surface area contributed by atoms with Crippen molar-refractivity contribution >= 4 is 62.7 Å². The van der Waals surface area contributed by atoms with Crippen LogP contribution >= 0.6 is 39.1 Å². The van der Waals surface area contributed by atoms with Gasteiger partial charge in [-0.1, -0.05) is 51.3 Å². The summed E-state index contributed by atoms with van der Waals surface area (Å²) in [4.78, 5) is 27.1. The van der Waals surface area contributed by atoms with E-state index in [1.807, 2.05) is 0 Å². The van der Waals surface area contributed by atoms with Crippen LogP contribution in [-0.2, 0) is 0 Å². The SMILES string of the molecule is CC1/C(=C\C(Br)C=N)C(C(=O)c2c(F)ccc(N)c2F)=CN1C(=O)c1c(Cl)cccc1Cl. The van der Waals surface area contributed by atoms with E-state index in [0.717, 1.165) is 18.3 Å². The van der Waals surface area contributed by atoms with Gasteiger partial charge in [-0.25, -0.2) is 8.78 Å². The average Bonchev–Trinajstić information content (AvgIpc) is 3.06. The van der Waals surface area contributed by atoms with Crippen LogP contribution in [0.15, 0.2) is 53.8 Å². The van der Waals surface area contributed by atoms with Crippen LogP contribution < -0.4 is 5.73 Å². The third-order valence-corrected chi connectivity index (χ3v) is 6.11. The van der Waals surface area contributed by atoms with Crippen molar-refractivity contribution in [3.63, 3.8) is 0 Å². The third-order valence-electron chi connectivity index (χ3n) is 4.95. The summed E-state index contributed by atoms with van der Waals surface area (Å²) in [6.45, 7) is 1.63. The zero-order valence-electron chi connectivity index (χ0n) is 16.5. The number of benzene rings is 2. The quantitative estimate of drug-likeness (QED) is 0.216. The number of Topliss-reactive ketones (excluding diaryl/α,β-unsaturated/α-hetero) is 1. The fourth-order valence-electron chi connectivity index (χ4n) is 3.32. The van der Waals surface area contributed by atoms with Crippen molar-refractivity contribution in [1.29, 1.82) is 5.41 Å². The zero-order chi connectivity index (χ0) is 23.7. The molecule has 10 heteroatoms. The number of carbonyl (C=O) groups excluding carboxylic acids is 2. The van der Waals surface area contributed by atoms with Crippen LogP contribution in [0.1, 0.15) is 27.6 Å². The Morgan fingerprint density at radius 3 is 2.41 bits per heavy atom. The molecule has 3 rings (SSSR count). The number of rotatable bonds is 5. The maximum Gasteiger partial charge on any atom is 0.261 e. The molecular weight excluding hydrogens is 527 g/mol. The van der Waals surface area contributed by atoms with E-state index in [1.54, 1.807) is 13.0 Å². The number of hydrogen-bond donors (Lipinski definition) is 2. The van der Waals surface area contributed by atoms with E-state index in [2.05, 4.69) is 15.9 Å². The van der Waals surface area contributed by atoms with Gasteiger partial charge in [-0.3, -0.25) is 9.59 Å². The number of anilines is 1. The van der Waals surface area contributed by atoms with E-state index in [0.29, 0.717) is 0 Å². The topological polar surface area (TPSA) is 87.2 Å². The molecule has 1 amide bonds. The summed E-state index contributed by atoms with van der Waals surface area (Å²) < 4.78 is 28.9. The van der Waals surface area contributed by atoms with Crippen LogP contribution in [0.5, 0.6) is 0 Å². The number of halogens is 5. The standard InChI is InChI=1S/C22H16BrCl2F2N3O2/c1-10-12(7-11(23)8-28)13(21(31)19-16(26)5-6-17(29)20(19)27)9-30(10)22(32)18-14(24)3-2-4-15(18)25/h2-11,28H,29H2,1H3/b12-7+,28-8?. The molecule has 5 nitrogen and oxygen atoms in total. The molecule has 3 N–H and O–H groups in total. The molecule has 0 saturated heterocycles. The predicted octanol–water partition coefficient (Wildman–Crippen LogP) is 5.80. The van der Waals surface area contributed by atoms with Crippen LogP contribution in [0.4, 0.5) is 14.5 Å². The summed E-state index contributed by atoms with van der Waals surface area (Å²) in [5, 5.41) is 7.65. The van der Waals surface area contributed by atoms with Crippen LogP contribution in [0.3, 0.4) is 0 Å². The number of hydrogen-bond acceptors (Lipinski definition) is 4. The van der Waals surface area contributed by atoms with Gasteiger partial charge in [-0.05, 0) is 36.8 Å². The van der Waals surface area contributed by atoms with Crippen LogP contribution in [-0.4, -0.2) is 33.7 Å². The number of nitrogen functional groups attached to an aromatic ring is 1. The Hall–Kier alpha value is -2.55. The van der Waals surface area contributed by atoms with E-state index in [-0.39, 0.29) is 32.4 Å². The summed E-state index contributed by atoms with van der Waals surface area (Å²) in [5.41, 5.74) is 4.49. The van der Waals surface area contributed by atoms with Crippen molar-refractivity contribution in [2.45, 2.75) is 17.8 Å². The number of carbonyl (C=O) groups is 2. The highest BCUT2D eigenvalue weighted by Gasteiger charge is 2.37. The molecule has 1 heterocycles. The predicted molar refractivity (Wildman–Crippen MR) is 125 cm³/mol. The van der Waals surface area contributed by atoms with Crippen molar-refractivity contribution in [1.82, 2.24) is 4.90 Å². The van der Waals surface area contributed by atoms with Gasteiger partial charge in [0.15, 0.2) is 5.82 Å². The fraction of sp³-hybridized carbons (Fsp3) is 0.136. The summed E-state index contributed by atoms with van der Waals surface area (Å²) in [7, 11) is 0. The maximum atomic E-state index is 14.6. The molecule has 0 bridgehead atoms. The monoisotopic (exact) mass is 541 g/mol. The molecule has 166 valence electrons. The first-order chi connectivity index (χ1) is 15.1. The molecule has 2 atom stereocenters. The Bertz CT molecular complexity index is 1180. The number of amides is 1. The van der Waals surface area contributed by atoms with Crippen molar-refractivity contribution in [3.8, 4) is 0 Å². The van der Waals surface area contributed by atoms with Gasteiger partial charge in [0.2, 0.25) is 5.78 Å². The van der Waals surface area contributed by atoms with Crippen LogP contribution in [0.2, 0.25) is 10.0 Å². The lowest BCUT2D eigenvalue weighted by Gasteiger charge is -2.22. The molecule has 1 aliphatic rings. The lowest BCUT2D eigenvalue weighted by atomic mass is 9.94. The Kier molecular flexibility index (Phi) is 7.17. The van der Waals surface area contributed by atoms with Gasteiger partial charge >= 0.3 is 0 Å². The highest BCUT2D eigenvalue weighted by atomic mass is 79.9. The van der Waals surface area contributed by atoms with Crippen molar-refractivity contribution < 1.29 is 18.4 Å². The van der Waals surface area contributed by atoms with Crippen LogP contribution in [0, 0.1) is 17.0 Å². The van der Waals surface area contributed by atoms with Gasteiger partial charge in [0, 0.05) is 18.0 Å². The first-order valence-corrected chi connectivity index (χ1v) is 10.9. The minimum Gasteiger partial charge on any atom is -0.396 e. The van der Waals surface area contributed by atoms with E-state index in [1.165, 1.54) is 29.3 Å². The number of allylic oxidation sites excluding steroid dienone is 1. The number of nitrogens with one attached hydrogen (secondary N) is 1. The second kappa shape index (κ2) is 9.52. The number of ketones is 1. The van der Waals surface area contributed by atoms with Crippen molar-refractivity contribution in [3.05, 3.63) is 86.6 Å². The molecule has 0 aromatic heterocycles. The third kappa shape index (κ3) is 4.35. The van der Waals surface area contributed by atoms with Crippen molar-refractivity contribution in [2.75, 3.05) is 5.73 Å². The molecule has 0 fully saturated rings. The zero-order valence-corrected chi connectivity index (χ0v) is 19.6. The largest absolute Gasteiger partial charge is 0.396 e. The van der Waals surface area contributed by atoms with E-state index in [4.69, 9.17) is 34.3 Å². The Balaban J connectivity index is 2.16. The Morgan fingerprint density at radius 1 is 1.19 bits per heavy atom. The first kappa shape index (κ1) is 24.1. The molecule has 2 aromatic rings. The normalized spacial score (nSPS) is 17.9. The number of alkyl halides is 1. The molecular formula is C22H16BrCl2F2N3O2. The molecule has 0 radical (unpaired) electrons. The lowest BCUT2D eigenvalue weighted by Crippen LogP contribution is -2.32. The summed E-state index contributed by atoms with van der Waals surface area (Å²) in [6.07, 6.45) is 3.76. The molecule has 0 saturated carbocycles. The summed E-state index contributed by atoms with van der Waals surface area (Å²) in [5.74, 6) is -3.87. The molecule has 0 spiro atoms. The minimum absolute atomic E-state index is 0.0238. The molecule has 2 aromatic carbocycles. The molecule has 32 heavy (non-hydrogen) atoms. The fourth-order valence-corrected chi connectivity index (χ4v) is 4.16.